The van der Waals surface area contributed by atoms with Crippen LogP contribution in [0.3, 0.4) is 0 Å². The number of hydrogen-bond donors (Lipinski definition) is 1. The zero-order valence-electron chi connectivity index (χ0n) is 36.2. The van der Waals surface area contributed by atoms with Crippen molar-refractivity contribution in [3.63, 3.8) is 0 Å². The minimum absolute atomic E-state index is 0.0877. The predicted molar refractivity (Wildman–Crippen MR) is 229 cm³/mol. The topological polar surface area (TPSA) is 91.3 Å². The first-order valence-electron chi connectivity index (χ1n) is 22.6. The number of allylic oxidation sites excluding steroid dienone is 4. The monoisotopic (exact) mass is 787 g/mol. The molecule has 0 spiro atoms. The van der Waals surface area contributed by atoms with Gasteiger partial charge in [-0.25, -0.2) is 4.57 Å². The molecule has 320 valence electrons. The highest BCUT2D eigenvalue weighted by Crippen LogP contribution is 2.43. The van der Waals surface area contributed by atoms with Gasteiger partial charge in [0.2, 0.25) is 0 Å². The molecule has 0 amide bonds. The lowest BCUT2D eigenvalue weighted by atomic mass is 10.0. The van der Waals surface area contributed by atoms with Crippen LogP contribution in [-0.4, -0.2) is 75.6 Å². The van der Waals surface area contributed by atoms with Crippen LogP contribution in [0.25, 0.3) is 0 Å². The molecule has 0 aromatic heterocycles. The van der Waals surface area contributed by atoms with Crippen molar-refractivity contribution in [1.29, 1.82) is 0 Å². The van der Waals surface area contributed by atoms with Crippen LogP contribution in [0, 0.1) is 0 Å². The van der Waals surface area contributed by atoms with E-state index in [9.17, 15) is 14.3 Å². The fourth-order valence-electron chi connectivity index (χ4n) is 6.23. The number of phosphoric acid groups is 1. The molecule has 1 N–H and O–H groups in total. The molecule has 0 aliphatic carbocycles. The van der Waals surface area contributed by atoms with Crippen molar-refractivity contribution in [1.82, 2.24) is 0 Å². The lowest BCUT2D eigenvalue weighted by Crippen LogP contribution is -2.37. The number of carbonyl (C=O) groups is 1. The van der Waals surface area contributed by atoms with Crippen molar-refractivity contribution < 1.29 is 37.3 Å². The zero-order chi connectivity index (χ0) is 39.9. The molecule has 0 rings (SSSR count). The average molecular weight is 787 g/mol. The molecule has 54 heavy (non-hydrogen) atoms. The number of ether oxygens (including phenoxy) is 2. The van der Waals surface area contributed by atoms with Crippen molar-refractivity contribution in [3.8, 4) is 0 Å². The van der Waals surface area contributed by atoms with Gasteiger partial charge in [0.15, 0.2) is 0 Å². The Hall–Kier alpha value is -1.02. The quantitative estimate of drug-likeness (QED) is 0.0217. The van der Waals surface area contributed by atoms with Crippen molar-refractivity contribution in [2.75, 3.05) is 54.1 Å². The number of hydrogen-bond acceptors (Lipinski definition) is 6. The molecule has 8 nitrogen and oxygen atoms in total. The van der Waals surface area contributed by atoms with Gasteiger partial charge in [0, 0.05) is 13.0 Å². The van der Waals surface area contributed by atoms with E-state index in [2.05, 4.69) is 38.2 Å². The Morgan fingerprint density at radius 2 is 1.02 bits per heavy atom. The van der Waals surface area contributed by atoms with Gasteiger partial charge in [-0.15, -0.1) is 0 Å². The second-order valence-electron chi connectivity index (χ2n) is 16.4. The molecule has 0 aliphatic heterocycles. The van der Waals surface area contributed by atoms with Crippen molar-refractivity contribution in [2.45, 2.75) is 206 Å². The van der Waals surface area contributed by atoms with E-state index in [1.807, 2.05) is 21.1 Å². The summed E-state index contributed by atoms with van der Waals surface area (Å²) in [5.41, 5.74) is 0. The number of esters is 1. The largest absolute Gasteiger partial charge is 0.472 e. The summed E-state index contributed by atoms with van der Waals surface area (Å²) in [6.45, 7) is 5.62. The molecule has 0 heterocycles. The highest BCUT2D eigenvalue weighted by atomic mass is 31.2. The Kier molecular flexibility index (Phi) is 38.1. The van der Waals surface area contributed by atoms with E-state index in [4.69, 9.17) is 18.5 Å². The van der Waals surface area contributed by atoms with Gasteiger partial charge in [-0.05, 0) is 44.9 Å². The second-order valence-corrected chi connectivity index (χ2v) is 17.9. The third-order valence-electron chi connectivity index (χ3n) is 9.77. The standard InChI is InChI=1S/C45H88NO7P/c1-6-8-10-12-14-16-18-20-22-24-26-28-30-32-34-36-38-45(47)53-44(43-52-54(48,49)51-41-39-46(3,4)5)42-50-40-37-35-33-31-29-27-25-23-21-19-17-15-13-11-9-7-2/h16,18,22,24,44H,6-15,17,19-21,23,25-43H2,1-5H3/p+1/b18-16-,24-22-. The molecule has 0 fully saturated rings. The number of carbonyl (C=O) groups excluding carboxylic acids is 1. The van der Waals surface area contributed by atoms with Gasteiger partial charge in [0.05, 0.1) is 34.4 Å². The molecular formula is C45H89NO7P+. The summed E-state index contributed by atoms with van der Waals surface area (Å²) >= 11 is 0. The average Bonchev–Trinajstić information content (AvgIpc) is 3.12. The van der Waals surface area contributed by atoms with Gasteiger partial charge >= 0.3 is 13.8 Å². The van der Waals surface area contributed by atoms with Crippen LogP contribution in [0.4, 0.5) is 0 Å². The number of phosphoric ester groups is 1. The first-order chi connectivity index (χ1) is 26.1. The van der Waals surface area contributed by atoms with Gasteiger partial charge in [0.25, 0.3) is 0 Å². The number of likely N-dealkylation sites (N-methyl/N-ethyl adjacent to an activating group) is 1. The van der Waals surface area contributed by atoms with E-state index in [0.29, 0.717) is 24.1 Å². The van der Waals surface area contributed by atoms with E-state index < -0.39 is 13.9 Å². The van der Waals surface area contributed by atoms with Crippen LogP contribution in [0.1, 0.15) is 200 Å². The Balaban J connectivity index is 4.23. The van der Waals surface area contributed by atoms with Crippen molar-refractivity contribution in [3.05, 3.63) is 24.3 Å². The first-order valence-corrected chi connectivity index (χ1v) is 24.1. The number of rotatable bonds is 42. The predicted octanol–water partition coefficient (Wildman–Crippen LogP) is 13.2. The van der Waals surface area contributed by atoms with Crippen molar-refractivity contribution >= 4 is 13.8 Å². The Labute approximate surface area is 334 Å². The molecule has 0 saturated heterocycles. The van der Waals surface area contributed by atoms with Crippen molar-refractivity contribution in [2.24, 2.45) is 0 Å². The molecule has 0 aliphatic rings. The van der Waals surface area contributed by atoms with E-state index in [-0.39, 0.29) is 25.8 Å². The van der Waals surface area contributed by atoms with E-state index in [1.54, 1.807) is 0 Å². The molecule has 0 radical (unpaired) electrons. The third-order valence-corrected chi connectivity index (χ3v) is 10.7. The van der Waals surface area contributed by atoms with Crippen LogP contribution in [0.5, 0.6) is 0 Å². The maximum absolute atomic E-state index is 12.7. The van der Waals surface area contributed by atoms with E-state index in [1.165, 1.54) is 122 Å². The van der Waals surface area contributed by atoms with Crippen LogP contribution in [0.15, 0.2) is 24.3 Å². The van der Waals surface area contributed by atoms with Crippen LogP contribution < -0.4 is 0 Å². The summed E-state index contributed by atoms with van der Waals surface area (Å²) in [5.74, 6) is -0.324. The number of nitrogens with zero attached hydrogens (tertiary/aromatic N) is 1. The fourth-order valence-corrected chi connectivity index (χ4v) is 6.97. The van der Waals surface area contributed by atoms with E-state index >= 15 is 0 Å². The summed E-state index contributed by atoms with van der Waals surface area (Å²) in [5, 5.41) is 0. The summed E-state index contributed by atoms with van der Waals surface area (Å²) in [6.07, 6.45) is 43.5. The minimum Gasteiger partial charge on any atom is -0.457 e. The second kappa shape index (κ2) is 38.8. The fraction of sp³-hybridized carbons (Fsp3) is 0.889. The van der Waals surface area contributed by atoms with Gasteiger partial charge < -0.3 is 18.9 Å². The SMILES string of the molecule is CCCCCC/C=C\C/C=C\CCCCCCCC(=O)OC(COCCCCCCCCCCCCCCCCCC)COP(=O)(O)OCC[N+](C)(C)C. The van der Waals surface area contributed by atoms with Gasteiger partial charge in [0.1, 0.15) is 19.3 Å². The Bertz CT molecular complexity index is 920. The minimum atomic E-state index is -4.27. The van der Waals surface area contributed by atoms with Gasteiger partial charge in [-0.1, -0.05) is 173 Å². The highest BCUT2D eigenvalue weighted by Gasteiger charge is 2.26. The first kappa shape index (κ1) is 53.0. The molecule has 2 unspecified atom stereocenters. The summed E-state index contributed by atoms with van der Waals surface area (Å²) < 4.78 is 35.0. The Morgan fingerprint density at radius 1 is 0.574 bits per heavy atom. The van der Waals surface area contributed by atoms with Crippen LogP contribution in [0.2, 0.25) is 0 Å². The third kappa shape index (κ3) is 42.1. The maximum Gasteiger partial charge on any atom is 0.472 e. The van der Waals surface area contributed by atoms with E-state index in [0.717, 1.165) is 57.8 Å². The van der Waals surface area contributed by atoms with Crippen LogP contribution >= 0.6 is 7.82 Å². The highest BCUT2D eigenvalue weighted by molar-refractivity contribution is 7.47. The zero-order valence-corrected chi connectivity index (χ0v) is 37.1. The summed E-state index contributed by atoms with van der Waals surface area (Å²) in [4.78, 5) is 22.9. The molecule has 0 saturated carbocycles. The number of quaternary nitrogens is 1. The maximum atomic E-state index is 12.7. The van der Waals surface area contributed by atoms with Crippen LogP contribution in [-0.2, 0) is 27.9 Å². The molecule has 0 aromatic carbocycles. The van der Waals surface area contributed by atoms with Gasteiger partial charge in [-0.3, -0.25) is 13.8 Å². The molecular weight excluding hydrogens is 697 g/mol. The normalized spacial score (nSPS) is 14.0. The molecule has 0 bridgehead atoms. The molecule has 0 aromatic rings. The lowest BCUT2D eigenvalue weighted by molar-refractivity contribution is -0.870. The smallest absolute Gasteiger partial charge is 0.457 e. The van der Waals surface area contributed by atoms with Gasteiger partial charge in [-0.2, -0.15) is 0 Å². The summed E-state index contributed by atoms with van der Waals surface area (Å²) in [7, 11) is 1.66. The number of unbranched alkanes of at least 4 members (excludes halogenated alkanes) is 24. The molecule has 2 atom stereocenters. The molecule has 9 heteroatoms. The Morgan fingerprint density at radius 3 is 1.52 bits per heavy atom. The summed E-state index contributed by atoms with van der Waals surface area (Å²) in [6, 6.07) is 0. The lowest BCUT2D eigenvalue weighted by Gasteiger charge is -2.24.